The Bertz CT molecular complexity index is 1180. The number of unbranched alkanes of at least 4 members (excludes halogenated alkanes) is 5. The Labute approximate surface area is 209 Å². The van der Waals surface area contributed by atoms with Gasteiger partial charge in [-0.05, 0) is 81.5 Å². The first-order valence-electron chi connectivity index (χ1n) is 13.9. The van der Waals surface area contributed by atoms with Gasteiger partial charge in [-0.2, -0.15) is 0 Å². The van der Waals surface area contributed by atoms with Crippen LogP contribution in [0, 0.1) is 0 Å². The van der Waals surface area contributed by atoms with Crippen molar-refractivity contribution in [2.75, 3.05) is 18.4 Å². The number of H-pyrrole nitrogens is 1. The van der Waals surface area contributed by atoms with E-state index in [0.29, 0.717) is 6.04 Å². The van der Waals surface area contributed by atoms with E-state index in [0.717, 1.165) is 50.0 Å². The topological polar surface area (TPSA) is 69.8 Å². The van der Waals surface area contributed by atoms with E-state index in [1.165, 1.54) is 85.7 Å². The molecular formula is C30H40N4O. The van der Waals surface area contributed by atoms with Gasteiger partial charge in [0.15, 0.2) is 0 Å². The van der Waals surface area contributed by atoms with Gasteiger partial charge in [-0.3, -0.25) is 9.78 Å². The molecular weight excluding hydrogens is 432 g/mol. The zero-order valence-corrected chi connectivity index (χ0v) is 21.0. The van der Waals surface area contributed by atoms with Crippen molar-refractivity contribution in [3.05, 3.63) is 69.3 Å². The predicted octanol–water partition coefficient (Wildman–Crippen LogP) is 6.22. The molecule has 2 heterocycles. The molecule has 1 atom stereocenters. The fraction of sp³-hybridized carbons (Fsp3) is 0.533. The number of hydrogen-bond donors (Lipinski definition) is 3. The Morgan fingerprint density at radius 1 is 0.857 bits per heavy atom. The lowest BCUT2D eigenvalue weighted by Crippen LogP contribution is -2.28. The normalized spacial score (nSPS) is 17.2. The number of nitrogens with one attached hydrogen (secondary N) is 3. The van der Waals surface area contributed by atoms with E-state index in [1.807, 2.05) is 6.07 Å². The second-order valence-corrected chi connectivity index (χ2v) is 10.3. The third-order valence-corrected chi connectivity index (χ3v) is 7.80. The number of aromatic amines is 1. The van der Waals surface area contributed by atoms with Crippen LogP contribution in [0.2, 0.25) is 0 Å². The summed E-state index contributed by atoms with van der Waals surface area (Å²) in [6, 6.07) is 12.7. The summed E-state index contributed by atoms with van der Waals surface area (Å²) < 4.78 is 0. The maximum absolute atomic E-state index is 11.6. The van der Waals surface area contributed by atoms with Gasteiger partial charge in [-0.1, -0.05) is 49.9 Å². The first-order valence-corrected chi connectivity index (χ1v) is 13.9. The van der Waals surface area contributed by atoms with Crippen LogP contribution in [0.15, 0.2) is 41.2 Å². The van der Waals surface area contributed by atoms with E-state index in [-0.39, 0.29) is 5.56 Å². The van der Waals surface area contributed by atoms with Crippen LogP contribution in [-0.2, 0) is 19.3 Å². The number of pyridine rings is 2. The summed E-state index contributed by atoms with van der Waals surface area (Å²) in [7, 11) is 0. The maximum atomic E-state index is 11.6. The molecule has 0 radical (unpaired) electrons. The SMILES string of the molecule is O=c1ccc2c([nH]1)CCCC2NCCCCCCCCNc1c2c(nc3ccccc13)CCCC2. The molecule has 0 spiro atoms. The molecule has 186 valence electrons. The minimum Gasteiger partial charge on any atom is -0.384 e. The van der Waals surface area contributed by atoms with E-state index in [9.17, 15) is 4.79 Å². The summed E-state index contributed by atoms with van der Waals surface area (Å²) in [4.78, 5) is 19.6. The van der Waals surface area contributed by atoms with Crippen LogP contribution in [0.3, 0.4) is 0 Å². The lowest BCUT2D eigenvalue weighted by Gasteiger charge is -2.26. The van der Waals surface area contributed by atoms with Crippen molar-refractivity contribution < 1.29 is 0 Å². The lowest BCUT2D eigenvalue weighted by atomic mass is 9.91. The number of hydrogen-bond acceptors (Lipinski definition) is 4. The number of rotatable bonds is 11. The smallest absolute Gasteiger partial charge is 0.248 e. The van der Waals surface area contributed by atoms with Crippen molar-refractivity contribution in [2.45, 2.75) is 89.5 Å². The van der Waals surface area contributed by atoms with Gasteiger partial charge in [0.2, 0.25) is 5.56 Å². The molecule has 0 aliphatic heterocycles. The molecule has 5 heteroatoms. The van der Waals surface area contributed by atoms with E-state index in [4.69, 9.17) is 4.98 Å². The number of para-hydroxylation sites is 1. The Morgan fingerprint density at radius 2 is 1.66 bits per heavy atom. The fourth-order valence-electron chi connectivity index (χ4n) is 5.93. The van der Waals surface area contributed by atoms with Gasteiger partial charge in [0.25, 0.3) is 0 Å². The van der Waals surface area contributed by atoms with Crippen molar-refractivity contribution in [3.63, 3.8) is 0 Å². The van der Waals surface area contributed by atoms with Crippen molar-refractivity contribution in [1.29, 1.82) is 0 Å². The quantitative estimate of drug-likeness (QED) is 0.290. The van der Waals surface area contributed by atoms with Gasteiger partial charge in [0.1, 0.15) is 0 Å². The molecule has 2 aromatic heterocycles. The van der Waals surface area contributed by atoms with E-state index >= 15 is 0 Å². The molecule has 2 aliphatic carbocycles. The lowest BCUT2D eigenvalue weighted by molar-refractivity contribution is 0.443. The van der Waals surface area contributed by atoms with Gasteiger partial charge >= 0.3 is 0 Å². The maximum Gasteiger partial charge on any atom is 0.248 e. The summed E-state index contributed by atoms with van der Waals surface area (Å²) in [6.45, 7) is 2.11. The summed E-state index contributed by atoms with van der Waals surface area (Å²) in [5, 5.41) is 8.82. The average molecular weight is 473 g/mol. The first kappa shape index (κ1) is 24.1. The number of aryl methyl sites for hydroxylation is 2. The molecule has 1 aromatic carbocycles. The summed E-state index contributed by atoms with van der Waals surface area (Å²) in [6.07, 6.45) is 15.8. The Hall–Kier alpha value is -2.66. The van der Waals surface area contributed by atoms with Crippen molar-refractivity contribution in [2.24, 2.45) is 0 Å². The van der Waals surface area contributed by atoms with Crippen LogP contribution in [0.5, 0.6) is 0 Å². The molecule has 0 amide bonds. The highest BCUT2D eigenvalue weighted by Crippen LogP contribution is 2.33. The highest BCUT2D eigenvalue weighted by molar-refractivity contribution is 5.93. The average Bonchev–Trinajstić information content (AvgIpc) is 2.89. The Kier molecular flexibility index (Phi) is 8.14. The van der Waals surface area contributed by atoms with Crippen molar-refractivity contribution in [3.8, 4) is 0 Å². The summed E-state index contributed by atoms with van der Waals surface area (Å²) >= 11 is 0. The minimum absolute atomic E-state index is 0.0214. The van der Waals surface area contributed by atoms with Crippen molar-refractivity contribution >= 4 is 16.6 Å². The van der Waals surface area contributed by atoms with Crippen molar-refractivity contribution in [1.82, 2.24) is 15.3 Å². The molecule has 3 aromatic rings. The van der Waals surface area contributed by atoms with Gasteiger partial charge in [0.05, 0.1) is 5.52 Å². The fourth-order valence-corrected chi connectivity index (χ4v) is 5.93. The highest BCUT2D eigenvalue weighted by Gasteiger charge is 2.20. The Balaban J connectivity index is 0.996. The first-order chi connectivity index (χ1) is 17.3. The van der Waals surface area contributed by atoms with Crippen LogP contribution < -0.4 is 16.2 Å². The molecule has 3 N–H and O–H groups in total. The third-order valence-electron chi connectivity index (χ3n) is 7.80. The molecule has 0 saturated heterocycles. The predicted molar refractivity (Wildman–Crippen MR) is 145 cm³/mol. The zero-order chi connectivity index (χ0) is 23.9. The molecule has 0 bridgehead atoms. The third kappa shape index (κ3) is 5.95. The zero-order valence-electron chi connectivity index (χ0n) is 21.0. The second kappa shape index (κ2) is 11.9. The standard InChI is InChI=1S/C30H40N4O/c35-29-19-18-22-25(16-11-17-26(22)34-29)31-20-9-3-1-2-4-10-21-32-30-23-12-5-7-14-27(23)33-28-15-8-6-13-24(28)30/h5,7,12,14,18-19,25,31H,1-4,6,8-11,13,15-17,20-21H2,(H,32,33)(H,34,35). The summed E-state index contributed by atoms with van der Waals surface area (Å²) in [5.74, 6) is 0. The molecule has 1 unspecified atom stereocenters. The van der Waals surface area contributed by atoms with Gasteiger partial charge in [-0.15, -0.1) is 0 Å². The van der Waals surface area contributed by atoms with E-state index in [2.05, 4.69) is 39.9 Å². The minimum atomic E-state index is 0.0214. The molecule has 5 nitrogen and oxygen atoms in total. The number of aromatic nitrogens is 2. The van der Waals surface area contributed by atoms with E-state index in [1.54, 1.807) is 6.07 Å². The molecule has 2 aliphatic rings. The van der Waals surface area contributed by atoms with Crippen LogP contribution >= 0.6 is 0 Å². The number of fused-ring (bicyclic) bond motifs is 3. The van der Waals surface area contributed by atoms with Crippen LogP contribution in [0.4, 0.5) is 5.69 Å². The Morgan fingerprint density at radius 3 is 2.57 bits per heavy atom. The number of benzene rings is 1. The monoisotopic (exact) mass is 472 g/mol. The molecule has 0 saturated carbocycles. The number of nitrogens with zero attached hydrogens (tertiary/aromatic N) is 1. The summed E-state index contributed by atoms with van der Waals surface area (Å²) in [5.41, 5.74) is 7.72. The number of anilines is 1. The van der Waals surface area contributed by atoms with Gasteiger partial charge in [0, 0.05) is 41.1 Å². The highest BCUT2D eigenvalue weighted by atomic mass is 16.1. The largest absolute Gasteiger partial charge is 0.384 e. The van der Waals surface area contributed by atoms with Gasteiger partial charge < -0.3 is 15.6 Å². The van der Waals surface area contributed by atoms with Crippen LogP contribution in [0.1, 0.15) is 92.8 Å². The molecule has 5 rings (SSSR count). The van der Waals surface area contributed by atoms with E-state index < -0.39 is 0 Å². The second-order valence-electron chi connectivity index (χ2n) is 10.3. The van der Waals surface area contributed by atoms with Crippen LogP contribution in [-0.4, -0.2) is 23.1 Å². The molecule has 0 fully saturated rings. The van der Waals surface area contributed by atoms with Gasteiger partial charge in [-0.25, -0.2) is 0 Å². The molecule has 35 heavy (non-hydrogen) atoms. The van der Waals surface area contributed by atoms with Crippen LogP contribution in [0.25, 0.3) is 10.9 Å².